The number of hydrogen-bond acceptors (Lipinski definition) is 3. The summed E-state index contributed by atoms with van der Waals surface area (Å²) in [6, 6.07) is 14.8. The van der Waals surface area contributed by atoms with Crippen LogP contribution in [0.25, 0.3) is 11.3 Å². The lowest BCUT2D eigenvalue weighted by Gasteiger charge is -2.07. The van der Waals surface area contributed by atoms with E-state index in [2.05, 4.69) is 5.32 Å². The topological polar surface area (TPSA) is 51.5 Å². The maximum absolute atomic E-state index is 12.8. The number of ether oxygens (including phenoxy) is 1. The van der Waals surface area contributed by atoms with Crippen LogP contribution in [0.4, 0.5) is 13.2 Å². The van der Waals surface area contributed by atoms with Crippen molar-refractivity contribution in [3.63, 3.8) is 0 Å². The Morgan fingerprint density at radius 1 is 1.07 bits per heavy atom. The van der Waals surface area contributed by atoms with Crippen LogP contribution < -0.4 is 10.1 Å². The Morgan fingerprint density at radius 3 is 2.48 bits per heavy atom. The second-order valence-electron chi connectivity index (χ2n) is 5.77. The number of halogens is 3. The van der Waals surface area contributed by atoms with E-state index in [0.717, 1.165) is 17.7 Å². The number of methoxy groups -OCH3 is 1. The van der Waals surface area contributed by atoms with Gasteiger partial charge in [-0.1, -0.05) is 24.3 Å². The number of rotatable bonds is 5. The van der Waals surface area contributed by atoms with Crippen molar-refractivity contribution in [1.82, 2.24) is 5.32 Å². The molecule has 27 heavy (non-hydrogen) atoms. The van der Waals surface area contributed by atoms with Gasteiger partial charge in [0.1, 0.15) is 11.5 Å². The molecule has 140 valence electrons. The molecule has 0 bridgehead atoms. The molecule has 0 saturated carbocycles. The van der Waals surface area contributed by atoms with Crippen LogP contribution >= 0.6 is 0 Å². The predicted molar refractivity (Wildman–Crippen MR) is 93.3 cm³/mol. The third kappa shape index (κ3) is 4.49. The summed E-state index contributed by atoms with van der Waals surface area (Å²) >= 11 is 0. The molecule has 0 spiro atoms. The van der Waals surface area contributed by atoms with Gasteiger partial charge >= 0.3 is 6.18 Å². The Hall–Kier alpha value is -3.22. The number of amides is 1. The summed E-state index contributed by atoms with van der Waals surface area (Å²) in [6.45, 7) is 0.280. The van der Waals surface area contributed by atoms with Gasteiger partial charge < -0.3 is 14.5 Å². The van der Waals surface area contributed by atoms with Crippen molar-refractivity contribution in [2.75, 3.05) is 7.11 Å². The highest BCUT2D eigenvalue weighted by molar-refractivity contribution is 5.92. The summed E-state index contributed by atoms with van der Waals surface area (Å²) in [5.74, 6) is 0.470. The van der Waals surface area contributed by atoms with E-state index in [1.165, 1.54) is 24.3 Å². The third-order valence-corrected chi connectivity index (χ3v) is 3.92. The van der Waals surface area contributed by atoms with Gasteiger partial charge in [-0.3, -0.25) is 4.79 Å². The van der Waals surface area contributed by atoms with E-state index in [0.29, 0.717) is 5.75 Å². The molecule has 0 aliphatic rings. The summed E-state index contributed by atoms with van der Waals surface area (Å²) in [6.07, 6.45) is -4.44. The van der Waals surface area contributed by atoms with Gasteiger partial charge in [-0.25, -0.2) is 0 Å². The molecule has 1 amide bonds. The van der Waals surface area contributed by atoms with Crippen LogP contribution in [0.1, 0.15) is 21.7 Å². The van der Waals surface area contributed by atoms with E-state index < -0.39 is 17.6 Å². The van der Waals surface area contributed by atoms with Crippen LogP contribution in [0, 0.1) is 0 Å². The second-order valence-corrected chi connectivity index (χ2v) is 5.77. The SMILES string of the molecule is COc1ccc(CNC(=O)c2ccc(-c3cccc(C(F)(F)F)c3)o2)cc1. The highest BCUT2D eigenvalue weighted by Gasteiger charge is 2.30. The van der Waals surface area contributed by atoms with E-state index in [1.54, 1.807) is 19.2 Å². The summed E-state index contributed by atoms with van der Waals surface area (Å²) in [4.78, 5) is 12.2. The van der Waals surface area contributed by atoms with Crippen LogP contribution in [0.15, 0.2) is 65.1 Å². The molecule has 0 radical (unpaired) electrons. The second kappa shape index (κ2) is 7.57. The van der Waals surface area contributed by atoms with E-state index >= 15 is 0 Å². The van der Waals surface area contributed by atoms with Crippen molar-refractivity contribution in [3.8, 4) is 17.1 Å². The third-order valence-electron chi connectivity index (χ3n) is 3.92. The maximum atomic E-state index is 12.8. The Balaban J connectivity index is 1.68. The lowest BCUT2D eigenvalue weighted by Crippen LogP contribution is -2.22. The molecule has 0 saturated heterocycles. The quantitative estimate of drug-likeness (QED) is 0.690. The lowest BCUT2D eigenvalue weighted by atomic mass is 10.1. The number of furan rings is 1. The van der Waals surface area contributed by atoms with Gasteiger partial charge in [0.15, 0.2) is 5.76 Å². The molecule has 7 heteroatoms. The highest BCUT2D eigenvalue weighted by Crippen LogP contribution is 2.32. The van der Waals surface area contributed by atoms with E-state index in [1.807, 2.05) is 12.1 Å². The first kappa shape index (κ1) is 18.6. The Morgan fingerprint density at radius 2 is 1.81 bits per heavy atom. The zero-order valence-electron chi connectivity index (χ0n) is 14.3. The van der Waals surface area contributed by atoms with Crippen LogP contribution in [-0.4, -0.2) is 13.0 Å². The van der Waals surface area contributed by atoms with Crippen molar-refractivity contribution in [1.29, 1.82) is 0 Å². The van der Waals surface area contributed by atoms with Crippen molar-refractivity contribution < 1.29 is 27.1 Å². The minimum Gasteiger partial charge on any atom is -0.497 e. The number of alkyl halides is 3. The molecular formula is C20H16F3NO3. The van der Waals surface area contributed by atoms with Gasteiger partial charge in [0.2, 0.25) is 0 Å². The average Bonchev–Trinajstić information content (AvgIpc) is 3.16. The molecule has 0 aliphatic heterocycles. The van der Waals surface area contributed by atoms with Crippen molar-refractivity contribution >= 4 is 5.91 Å². The van der Waals surface area contributed by atoms with Crippen LogP contribution in [0.5, 0.6) is 5.75 Å². The Bertz CT molecular complexity index is 930. The van der Waals surface area contributed by atoms with Gasteiger partial charge in [-0.2, -0.15) is 13.2 Å². The van der Waals surface area contributed by atoms with Crippen LogP contribution in [-0.2, 0) is 12.7 Å². The Labute approximate surface area is 153 Å². The first-order chi connectivity index (χ1) is 12.9. The highest BCUT2D eigenvalue weighted by atomic mass is 19.4. The zero-order chi connectivity index (χ0) is 19.4. The van der Waals surface area contributed by atoms with Crippen molar-refractivity contribution in [2.24, 2.45) is 0 Å². The standard InChI is InChI=1S/C20H16F3NO3/c1-26-16-7-5-13(6-8-16)12-24-19(25)18-10-9-17(27-18)14-3-2-4-15(11-14)20(21,22)23/h2-11H,12H2,1H3,(H,24,25). The number of carbonyl (C=O) groups excluding carboxylic acids is 1. The van der Waals surface area contributed by atoms with E-state index in [4.69, 9.17) is 9.15 Å². The Kier molecular flexibility index (Phi) is 5.21. The smallest absolute Gasteiger partial charge is 0.416 e. The molecule has 3 aromatic rings. The number of hydrogen-bond donors (Lipinski definition) is 1. The summed E-state index contributed by atoms with van der Waals surface area (Å²) in [5, 5.41) is 2.70. The van der Waals surface area contributed by atoms with E-state index in [9.17, 15) is 18.0 Å². The van der Waals surface area contributed by atoms with Crippen molar-refractivity contribution in [3.05, 3.63) is 77.6 Å². The molecule has 0 fully saturated rings. The molecule has 0 atom stereocenters. The largest absolute Gasteiger partial charge is 0.497 e. The van der Waals surface area contributed by atoms with Gasteiger partial charge in [0.05, 0.1) is 12.7 Å². The molecule has 0 aliphatic carbocycles. The molecule has 0 unspecified atom stereocenters. The average molecular weight is 375 g/mol. The minimum atomic E-state index is -4.44. The zero-order valence-corrected chi connectivity index (χ0v) is 14.3. The molecule has 1 heterocycles. The fourth-order valence-electron chi connectivity index (χ4n) is 2.48. The number of carbonyl (C=O) groups is 1. The normalized spacial score (nSPS) is 11.3. The summed E-state index contributed by atoms with van der Waals surface area (Å²) in [7, 11) is 1.57. The lowest BCUT2D eigenvalue weighted by molar-refractivity contribution is -0.137. The van der Waals surface area contributed by atoms with E-state index in [-0.39, 0.29) is 23.6 Å². The molecule has 4 nitrogen and oxygen atoms in total. The monoisotopic (exact) mass is 375 g/mol. The first-order valence-electron chi connectivity index (χ1n) is 8.05. The molecule has 1 aromatic heterocycles. The molecule has 2 aromatic carbocycles. The van der Waals surface area contributed by atoms with Gasteiger partial charge in [0.25, 0.3) is 5.91 Å². The first-order valence-corrected chi connectivity index (χ1v) is 8.05. The van der Waals surface area contributed by atoms with Gasteiger partial charge in [0, 0.05) is 12.1 Å². The summed E-state index contributed by atoms with van der Waals surface area (Å²) < 4.78 is 49.0. The van der Waals surface area contributed by atoms with Gasteiger partial charge in [-0.15, -0.1) is 0 Å². The fraction of sp³-hybridized carbons (Fsp3) is 0.150. The molecule has 1 N–H and O–H groups in total. The predicted octanol–water partition coefficient (Wildman–Crippen LogP) is 4.90. The van der Waals surface area contributed by atoms with Crippen LogP contribution in [0.2, 0.25) is 0 Å². The number of benzene rings is 2. The molecular weight excluding hydrogens is 359 g/mol. The maximum Gasteiger partial charge on any atom is 0.416 e. The number of nitrogens with one attached hydrogen (secondary N) is 1. The minimum absolute atomic E-state index is 0.0240. The molecule has 3 rings (SSSR count). The summed E-state index contributed by atoms with van der Waals surface area (Å²) in [5.41, 5.74) is 0.342. The fourth-order valence-corrected chi connectivity index (χ4v) is 2.48. The van der Waals surface area contributed by atoms with Crippen LogP contribution in [0.3, 0.4) is 0 Å². The van der Waals surface area contributed by atoms with Gasteiger partial charge in [-0.05, 0) is 42.0 Å². The van der Waals surface area contributed by atoms with Crippen molar-refractivity contribution in [2.45, 2.75) is 12.7 Å².